The fourth-order valence-electron chi connectivity index (χ4n) is 1.65. The number of alkyl halides is 3. The Morgan fingerprint density at radius 3 is 2.71 bits per heavy atom. The zero-order valence-corrected chi connectivity index (χ0v) is 11.8. The van der Waals surface area contributed by atoms with E-state index in [9.17, 15) is 18.0 Å². The number of aromatic nitrogens is 2. The van der Waals surface area contributed by atoms with E-state index in [1.807, 2.05) is 0 Å². The van der Waals surface area contributed by atoms with Crippen molar-refractivity contribution in [2.24, 2.45) is 7.05 Å². The van der Waals surface area contributed by atoms with Crippen molar-refractivity contribution in [2.45, 2.75) is 11.3 Å². The molecule has 8 heteroatoms. The van der Waals surface area contributed by atoms with Crippen LogP contribution in [-0.2, 0) is 18.0 Å². The molecule has 0 saturated carbocycles. The summed E-state index contributed by atoms with van der Waals surface area (Å²) in [4.78, 5) is 15.8. The molecule has 1 aromatic carbocycles. The molecule has 21 heavy (non-hydrogen) atoms. The average molecular weight is 315 g/mol. The van der Waals surface area contributed by atoms with Crippen molar-refractivity contribution in [3.63, 3.8) is 0 Å². The van der Waals surface area contributed by atoms with Crippen LogP contribution in [0.15, 0.2) is 41.8 Å². The van der Waals surface area contributed by atoms with Gasteiger partial charge in [-0.2, -0.15) is 13.2 Å². The maximum atomic E-state index is 12.8. The molecule has 0 fully saturated rings. The number of thioether (sulfide) groups is 1. The van der Waals surface area contributed by atoms with Crippen LogP contribution in [0.1, 0.15) is 5.56 Å². The number of nitrogens with one attached hydrogen (secondary N) is 1. The second-order valence-electron chi connectivity index (χ2n) is 4.20. The predicted octanol–water partition coefficient (Wildman–Crippen LogP) is 3.17. The van der Waals surface area contributed by atoms with Crippen LogP contribution in [0, 0.1) is 0 Å². The zero-order valence-electron chi connectivity index (χ0n) is 11.0. The van der Waals surface area contributed by atoms with Gasteiger partial charge in [0.05, 0.1) is 17.0 Å². The Labute approximate surface area is 123 Å². The van der Waals surface area contributed by atoms with Crippen LogP contribution in [0.2, 0.25) is 0 Å². The summed E-state index contributed by atoms with van der Waals surface area (Å²) in [5.74, 6) is -0.531. The van der Waals surface area contributed by atoms with Gasteiger partial charge in [0.2, 0.25) is 5.91 Å². The molecule has 0 unspecified atom stereocenters. The number of hydrogen-bond donors (Lipinski definition) is 1. The number of carbonyl (C=O) groups is 1. The van der Waals surface area contributed by atoms with Gasteiger partial charge in [-0.15, -0.1) is 0 Å². The molecular weight excluding hydrogens is 303 g/mol. The first-order chi connectivity index (χ1) is 9.88. The summed E-state index contributed by atoms with van der Waals surface area (Å²) < 4.78 is 40.1. The van der Waals surface area contributed by atoms with Crippen molar-refractivity contribution in [2.75, 3.05) is 11.1 Å². The van der Waals surface area contributed by atoms with E-state index in [1.54, 1.807) is 24.0 Å². The summed E-state index contributed by atoms with van der Waals surface area (Å²) in [7, 11) is 1.77. The monoisotopic (exact) mass is 315 g/mol. The highest BCUT2D eigenvalue weighted by Gasteiger charge is 2.33. The lowest BCUT2D eigenvalue weighted by atomic mass is 10.1. The van der Waals surface area contributed by atoms with Crippen LogP contribution in [0.25, 0.3) is 0 Å². The van der Waals surface area contributed by atoms with Crippen molar-refractivity contribution in [1.29, 1.82) is 0 Å². The van der Waals surface area contributed by atoms with Crippen LogP contribution in [0.4, 0.5) is 18.9 Å². The van der Waals surface area contributed by atoms with Crippen LogP contribution in [-0.4, -0.2) is 21.2 Å². The minimum Gasteiger partial charge on any atom is -0.329 e. The molecule has 1 N–H and O–H groups in total. The quantitative estimate of drug-likeness (QED) is 0.882. The van der Waals surface area contributed by atoms with Crippen LogP contribution in [0.3, 0.4) is 0 Å². The number of rotatable bonds is 4. The molecule has 0 radical (unpaired) electrons. The van der Waals surface area contributed by atoms with Gasteiger partial charge in [0, 0.05) is 19.4 Å². The van der Waals surface area contributed by atoms with E-state index in [2.05, 4.69) is 10.3 Å². The summed E-state index contributed by atoms with van der Waals surface area (Å²) in [5.41, 5.74) is -1.10. The molecular formula is C13H12F3N3OS. The van der Waals surface area contributed by atoms with Gasteiger partial charge in [0.1, 0.15) is 0 Å². The van der Waals surface area contributed by atoms with E-state index >= 15 is 0 Å². The summed E-state index contributed by atoms with van der Waals surface area (Å²) in [6.45, 7) is 0. The van der Waals surface area contributed by atoms with Crippen molar-refractivity contribution < 1.29 is 18.0 Å². The van der Waals surface area contributed by atoms with Gasteiger partial charge in [-0.25, -0.2) is 4.98 Å². The molecule has 2 aromatic rings. The molecule has 1 amide bonds. The Morgan fingerprint density at radius 1 is 1.38 bits per heavy atom. The lowest BCUT2D eigenvalue weighted by molar-refractivity contribution is -0.137. The molecule has 0 saturated heterocycles. The maximum absolute atomic E-state index is 12.8. The SMILES string of the molecule is Cn1ccnc1SCC(=O)Nc1ccccc1C(F)(F)F. The average Bonchev–Trinajstić information content (AvgIpc) is 2.81. The van der Waals surface area contributed by atoms with Gasteiger partial charge in [-0.1, -0.05) is 23.9 Å². The molecule has 0 bridgehead atoms. The summed E-state index contributed by atoms with van der Waals surface area (Å²) >= 11 is 1.15. The van der Waals surface area contributed by atoms with E-state index < -0.39 is 17.6 Å². The third-order valence-electron chi connectivity index (χ3n) is 2.62. The second-order valence-corrected chi connectivity index (χ2v) is 5.14. The normalized spacial score (nSPS) is 11.4. The fourth-order valence-corrected chi connectivity index (χ4v) is 2.38. The lowest BCUT2D eigenvalue weighted by Crippen LogP contribution is -2.18. The van der Waals surface area contributed by atoms with Crippen molar-refractivity contribution >= 4 is 23.4 Å². The van der Waals surface area contributed by atoms with Crippen molar-refractivity contribution in [1.82, 2.24) is 9.55 Å². The number of nitrogens with zero attached hydrogens (tertiary/aromatic N) is 2. The minimum absolute atomic E-state index is 0.0168. The summed E-state index contributed by atoms with van der Waals surface area (Å²) in [5, 5.41) is 2.90. The van der Waals surface area contributed by atoms with Crippen molar-refractivity contribution in [3.05, 3.63) is 42.2 Å². The molecule has 1 heterocycles. The second kappa shape index (κ2) is 6.21. The highest BCUT2D eigenvalue weighted by Crippen LogP contribution is 2.34. The Hall–Kier alpha value is -1.96. The first-order valence-corrected chi connectivity index (χ1v) is 6.92. The number of carbonyl (C=O) groups excluding carboxylic acids is 1. The Kier molecular flexibility index (Phi) is 4.56. The highest BCUT2D eigenvalue weighted by molar-refractivity contribution is 7.99. The largest absolute Gasteiger partial charge is 0.418 e. The van der Waals surface area contributed by atoms with E-state index in [-0.39, 0.29) is 11.4 Å². The van der Waals surface area contributed by atoms with Gasteiger partial charge in [0.25, 0.3) is 0 Å². The van der Waals surface area contributed by atoms with E-state index in [1.165, 1.54) is 18.2 Å². The fraction of sp³-hybridized carbons (Fsp3) is 0.231. The van der Waals surface area contributed by atoms with E-state index in [4.69, 9.17) is 0 Å². The standard InChI is InChI=1S/C13H12F3N3OS/c1-19-7-6-17-12(19)21-8-11(20)18-10-5-3-2-4-9(10)13(14,15)16/h2-7H,8H2,1H3,(H,18,20). The number of halogens is 3. The van der Waals surface area contributed by atoms with Gasteiger partial charge < -0.3 is 9.88 Å². The topological polar surface area (TPSA) is 46.9 Å². The molecule has 112 valence electrons. The third kappa shape index (κ3) is 4.01. The minimum atomic E-state index is -4.50. The molecule has 1 aromatic heterocycles. The molecule has 4 nitrogen and oxygen atoms in total. The Bertz CT molecular complexity index is 640. The first-order valence-electron chi connectivity index (χ1n) is 5.94. The van der Waals surface area contributed by atoms with Crippen LogP contribution < -0.4 is 5.32 Å². The van der Waals surface area contributed by atoms with Crippen molar-refractivity contribution in [3.8, 4) is 0 Å². The number of aryl methyl sites for hydroxylation is 1. The molecule has 0 atom stereocenters. The summed E-state index contributed by atoms with van der Waals surface area (Å²) in [6.07, 6.45) is -1.20. The number of benzene rings is 1. The first kappa shape index (κ1) is 15.4. The number of para-hydroxylation sites is 1. The van der Waals surface area contributed by atoms with E-state index in [0.29, 0.717) is 5.16 Å². The lowest BCUT2D eigenvalue weighted by Gasteiger charge is -2.13. The molecule has 0 spiro atoms. The molecule has 0 aliphatic rings. The molecule has 0 aliphatic carbocycles. The van der Waals surface area contributed by atoms with E-state index in [0.717, 1.165) is 17.8 Å². The Balaban J connectivity index is 2.02. The van der Waals surface area contributed by atoms with Gasteiger partial charge >= 0.3 is 6.18 Å². The number of amides is 1. The van der Waals surface area contributed by atoms with Crippen LogP contribution >= 0.6 is 11.8 Å². The van der Waals surface area contributed by atoms with Gasteiger partial charge in [0.15, 0.2) is 5.16 Å². The Morgan fingerprint density at radius 2 is 2.10 bits per heavy atom. The molecule has 0 aliphatic heterocycles. The maximum Gasteiger partial charge on any atom is 0.418 e. The number of hydrogen-bond acceptors (Lipinski definition) is 3. The zero-order chi connectivity index (χ0) is 15.5. The summed E-state index contributed by atoms with van der Waals surface area (Å²) in [6, 6.07) is 4.88. The van der Waals surface area contributed by atoms with Gasteiger partial charge in [-0.05, 0) is 12.1 Å². The molecule has 2 rings (SSSR count). The predicted molar refractivity (Wildman–Crippen MR) is 74.0 cm³/mol. The smallest absolute Gasteiger partial charge is 0.329 e. The van der Waals surface area contributed by atoms with Gasteiger partial charge in [-0.3, -0.25) is 4.79 Å². The highest BCUT2D eigenvalue weighted by atomic mass is 32.2. The number of anilines is 1. The number of imidazole rings is 1. The van der Waals surface area contributed by atoms with Crippen LogP contribution in [0.5, 0.6) is 0 Å². The third-order valence-corrected chi connectivity index (χ3v) is 3.67.